The van der Waals surface area contributed by atoms with Crippen LogP contribution in [-0.4, -0.2) is 12.1 Å². The zero-order valence-corrected chi connectivity index (χ0v) is 10.4. The Morgan fingerprint density at radius 2 is 1.72 bits per heavy atom. The summed E-state index contributed by atoms with van der Waals surface area (Å²) in [5, 5.41) is 0. The summed E-state index contributed by atoms with van der Waals surface area (Å²) >= 11 is 0. The zero-order chi connectivity index (χ0) is 13.1. The molecule has 90 valence electrons. The molecule has 0 fully saturated rings. The molecule has 0 atom stereocenters. The molecule has 2 heteroatoms. The molecule has 2 rings (SSSR count). The third-order valence-electron chi connectivity index (χ3n) is 3.10. The minimum absolute atomic E-state index is 0.110. The standard InChI is InChI=1S/C16H14O2/c1-11-7-8-13(9-12(11)2)16(18)15-6-4-3-5-14(15)10-17/h3-10H,1-2H3. The highest BCUT2D eigenvalue weighted by molar-refractivity contribution is 6.12. The molecule has 0 aromatic heterocycles. The number of benzene rings is 2. The maximum atomic E-state index is 12.3. The van der Waals surface area contributed by atoms with Crippen molar-refractivity contribution in [2.45, 2.75) is 13.8 Å². The first-order valence-electron chi connectivity index (χ1n) is 5.79. The van der Waals surface area contributed by atoms with Crippen LogP contribution in [0.4, 0.5) is 0 Å². The first kappa shape index (κ1) is 12.2. The molecular formula is C16H14O2. The van der Waals surface area contributed by atoms with Gasteiger partial charge in [0.2, 0.25) is 0 Å². The summed E-state index contributed by atoms with van der Waals surface area (Å²) in [6.07, 6.45) is 0.717. The second kappa shape index (κ2) is 4.96. The highest BCUT2D eigenvalue weighted by Gasteiger charge is 2.13. The van der Waals surface area contributed by atoms with Crippen molar-refractivity contribution in [1.82, 2.24) is 0 Å². The SMILES string of the molecule is Cc1ccc(C(=O)c2ccccc2C=O)cc1C. The van der Waals surface area contributed by atoms with Gasteiger partial charge in [0.25, 0.3) is 0 Å². The number of aldehydes is 1. The summed E-state index contributed by atoms with van der Waals surface area (Å²) in [6, 6.07) is 12.4. The van der Waals surface area contributed by atoms with Gasteiger partial charge in [-0.15, -0.1) is 0 Å². The van der Waals surface area contributed by atoms with Crippen LogP contribution in [0.3, 0.4) is 0 Å². The molecule has 18 heavy (non-hydrogen) atoms. The van der Waals surface area contributed by atoms with Crippen molar-refractivity contribution in [3.63, 3.8) is 0 Å². The lowest BCUT2D eigenvalue weighted by Crippen LogP contribution is -2.05. The van der Waals surface area contributed by atoms with Gasteiger partial charge in [-0.25, -0.2) is 0 Å². The second-order valence-corrected chi connectivity index (χ2v) is 4.33. The molecule has 0 N–H and O–H groups in total. The van der Waals surface area contributed by atoms with Crippen molar-refractivity contribution < 1.29 is 9.59 Å². The lowest BCUT2D eigenvalue weighted by molar-refractivity contribution is 0.102. The molecule has 0 radical (unpaired) electrons. The highest BCUT2D eigenvalue weighted by Crippen LogP contribution is 2.16. The van der Waals surface area contributed by atoms with Crippen LogP contribution in [-0.2, 0) is 0 Å². The van der Waals surface area contributed by atoms with E-state index in [9.17, 15) is 9.59 Å². The van der Waals surface area contributed by atoms with Gasteiger partial charge in [-0.05, 0) is 31.0 Å². The molecule has 0 saturated carbocycles. The summed E-state index contributed by atoms with van der Waals surface area (Å²) in [6.45, 7) is 3.97. The topological polar surface area (TPSA) is 34.1 Å². The second-order valence-electron chi connectivity index (χ2n) is 4.33. The predicted octanol–water partition coefficient (Wildman–Crippen LogP) is 3.35. The lowest BCUT2D eigenvalue weighted by atomic mass is 9.96. The number of ketones is 1. The minimum Gasteiger partial charge on any atom is -0.298 e. The van der Waals surface area contributed by atoms with Crippen molar-refractivity contribution in [3.8, 4) is 0 Å². The molecule has 2 aromatic carbocycles. The molecule has 0 unspecified atom stereocenters. The van der Waals surface area contributed by atoms with E-state index in [0.717, 1.165) is 11.1 Å². The average Bonchev–Trinajstić information content (AvgIpc) is 2.41. The Hall–Kier alpha value is -2.22. The molecule has 2 nitrogen and oxygen atoms in total. The van der Waals surface area contributed by atoms with E-state index < -0.39 is 0 Å². The quantitative estimate of drug-likeness (QED) is 0.607. The van der Waals surface area contributed by atoms with Gasteiger partial charge in [0.15, 0.2) is 12.1 Å². The largest absolute Gasteiger partial charge is 0.298 e. The van der Waals surface area contributed by atoms with Crippen LogP contribution in [0, 0.1) is 13.8 Å². The van der Waals surface area contributed by atoms with Gasteiger partial charge in [-0.1, -0.05) is 36.4 Å². The number of carbonyl (C=O) groups is 2. The lowest BCUT2D eigenvalue weighted by Gasteiger charge is -2.06. The van der Waals surface area contributed by atoms with Gasteiger partial charge >= 0.3 is 0 Å². The Bertz CT molecular complexity index is 612. The van der Waals surface area contributed by atoms with Gasteiger partial charge in [0.1, 0.15) is 0 Å². The molecule has 2 aromatic rings. The van der Waals surface area contributed by atoms with Gasteiger partial charge in [0, 0.05) is 16.7 Å². The zero-order valence-electron chi connectivity index (χ0n) is 10.4. The van der Waals surface area contributed by atoms with Crippen molar-refractivity contribution in [1.29, 1.82) is 0 Å². The summed E-state index contributed by atoms with van der Waals surface area (Å²) in [5.41, 5.74) is 3.73. The predicted molar refractivity (Wildman–Crippen MR) is 71.2 cm³/mol. The van der Waals surface area contributed by atoms with Gasteiger partial charge < -0.3 is 0 Å². The van der Waals surface area contributed by atoms with Crippen LogP contribution in [0.5, 0.6) is 0 Å². The van der Waals surface area contributed by atoms with Gasteiger partial charge in [-0.2, -0.15) is 0 Å². The number of hydrogen-bond acceptors (Lipinski definition) is 2. The minimum atomic E-state index is -0.110. The monoisotopic (exact) mass is 238 g/mol. The van der Waals surface area contributed by atoms with Crippen molar-refractivity contribution in [3.05, 3.63) is 70.3 Å². The summed E-state index contributed by atoms with van der Waals surface area (Å²) < 4.78 is 0. The fourth-order valence-electron chi connectivity index (χ4n) is 1.84. The summed E-state index contributed by atoms with van der Waals surface area (Å²) in [4.78, 5) is 23.3. The summed E-state index contributed by atoms with van der Waals surface area (Å²) in [5.74, 6) is -0.110. The van der Waals surface area contributed by atoms with Crippen LogP contribution in [0.25, 0.3) is 0 Å². The third-order valence-corrected chi connectivity index (χ3v) is 3.10. The normalized spacial score (nSPS) is 10.1. The fourth-order valence-corrected chi connectivity index (χ4v) is 1.84. The molecule has 0 aliphatic heterocycles. The van der Waals surface area contributed by atoms with Crippen molar-refractivity contribution in [2.24, 2.45) is 0 Å². The van der Waals surface area contributed by atoms with Crippen LogP contribution in [0.15, 0.2) is 42.5 Å². The molecule has 0 aliphatic rings. The Morgan fingerprint density at radius 3 is 2.39 bits per heavy atom. The van der Waals surface area contributed by atoms with E-state index in [2.05, 4.69) is 0 Å². The molecule has 0 aliphatic carbocycles. The summed E-state index contributed by atoms with van der Waals surface area (Å²) in [7, 11) is 0. The van der Waals surface area contributed by atoms with Crippen LogP contribution in [0.1, 0.15) is 37.4 Å². The van der Waals surface area contributed by atoms with E-state index in [-0.39, 0.29) is 5.78 Å². The number of hydrogen-bond donors (Lipinski definition) is 0. The van der Waals surface area contributed by atoms with E-state index in [1.54, 1.807) is 30.3 Å². The van der Waals surface area contributed by atoms with Gasteiger partial charge in [0.05, 0.1) is 0 Å². The molecule has 0 heterocycles. The molecule has 0 spiro atoms. The Labute approximate surface area is 106 Å². The third kappa shape index (κ3) is 2.23. The fraction of sp³-hybridized carbons (Fsp3) is 0.125. The van der Waals surface area contributed by atoms with E-state index in [1.165, 1.54) is 0 Å². The molecular weight excluding hydrogens is 224 g/mol. The first-order chi connectivity index (χ1) is 8.63. The van der Waals surface area contributed by atoms with Crippen molar-refractivity contribution in [2.75, 3.05) is 0 Å². The maximum Gasteiger partial charge on any atom is 0.193 e. The van der Waals surface area contributed by atoms with E-state index in [0.29, 0.717) is 23.0 Å². The van der Waals surface area contributed by atoms with Gasteiger partial charge in [-0.3, -0.25) is 9.59 Å². The number of aryl methyl sites for hydroxylation is 2. The van der Waals surface area contributed by atoms with E-state index in [1.807, 2.05) is 26.0 Å². The Morgan fingerprint density at radius 1 is 1.00 bits per heavy atom. The average molecular weight is 238 g/mol. The maximum absolute atomic E-state index is 12.3. The molecule has 0 bridgehead atoms. The van der Waals surface area contributed by atoms with E-state index in [4.69, 9.17) is 0 Å². The van der Waals surface area contributed by atoms with Crippen molar-refractivity contribution >= 4 is 12.1 Å². The van der Waals surface area contributed by atoms with Crippen LogP contribution in [0.2, 0.25) is 0 Å². The Kier molecular flexibility index (Phi) is 3.38. The Balaban J connectivity index is 2.48. The number of carbonyl (C=O) groups excluding carboxylic acids is 2. The van der Waals surface area contributed by atoms with Crippen LogP contribution >= 0.6 is 0 Å². The van der Waals surface area contributed by atoms with Crippen LogP contribution < -0.4 is 0 Å². The molecule has 0 amide bonds. The first-order valence-corrected chi connectivity index (χ1v) is 5.79. The smallest absolute Gasteiger partial charge is 0.193 e. The molecule has 0 saturated heterocycles. The number of rotatable bonds is 3. The highest BCUT2D eigenvalue weighted by atomic mass is 16.1. The van der Waals surface area contributed by atoms with E-state index >= 15 is 0 Å².